The number of hydrogen-bond donors (Lipinski definition) is 2. The van der Waals surface area contributed by atoms with Gasteiger partial charge in [0.15, 0.2) is 5.78 Å². The van der Waals surface area contributed by atoms with E-state index in [1.165, 1.54) is 31.4 Å². The molecule has 2 N–H and O–H groups in total. The maximum Gasteiger partial charge on any atom is 0.190 e. The van der Waals surface area contributed by atoms with Crippen LogP contribution < -0.4 is 5.32 Å². The summed E-state index contributed by atoms with van der Waals surface area (Å²) in [7, 11) is 0. The topological polar surface area (TPSA) is 49.3 Å². The van der Waals surface area contributed by atoms with Gasteiger partial charge in [0.1, 0.15) is 5.75 Å². The number of phenolic OH excluding ortho intramolecular Hbond substituents is 1. The second-order valence-corrected chi connectivity index (χ2v) is 4.23. The van der Waals surface area contributed by atoms with Crippen LogP contribution in [0.4, 0.5) is 0 Å². The van der Waals surface area contributed by atoms with Crippen LogP contribution in [-0.2, 0) is 0 Å². The van der Waals surface area contributed by atoms with Gasteiger partial charge in [-0.3, -0.25) is 4.79 Å². The third-order valence-electron chi connectivity index (χ3n) is 2.70. The van der Waals surface area contributed by atoms with Crippen LogP contribution in [0.15, 0.2) is 36.5 Å². The van der Waals surface area contributed by atoms with Gasteiger partial charge in [0.05, 0.1) is 5.56 Å². The molecule has 1 aromatic carbocycles. The number of nitrogens with one attached hydrogen (secondary N) is 1. The molecule has 18 heavy (non-hydrogen) atoms. The van der Waals surface area contributed by atoms with E-state index in [1.807, 2.05) is 0 Å². The van der Waals surface area contributed by atoms with Crippen LogP contribution in [0.3, 0.4) is 0 Å². The lowest BCUT2D eigenvalue weighted by Gasteiger charge is -2.01. The average Bonchev–Trinajstić information content (AvgIpc) is 2.38. The number of rotatable bonds is 8. The third-order valence-corrected chi connectivity index (χ3v) is 2.70. The zero-order chi connectivity index (χ0) is 13.2. The Morgan fingerprint density at radius 3 is 2.78 bits per heavy atom. The van der Waals surface area contributed by atoms with Gasteiger partial charge in [-0.25, -0.2) is 0 Å². The zero-order valence-corrected chi connectivity index (χ0v) is 10.9. The average molecular weight is 247 g/mol. The van der Waals surface area contributed by atoms with Crippen molar-refractivity contribution in [2.75, 3.05) is 6.54 Å². The molecule has 3 nitrogen and oxygen atoms in total. The van der Waals surface area contributed by atoms with Gasteiger partial charge in [-0.2, -0.15) is 0 Å². The highest BCUT2D eigenvalue weighted by atomic mass is 16.3. The van der Waals surface area contributed by atoms with Crippen molar-refractivity contribution >= 4 is 5.78 Å². The summed E-state index contributed by atoms with van der Waals surface area (Å²) in [4.78, 5) is 11.7. The molecule has 3 heteroatoms. The number of carbonyl (C=O) groups excluding carboxylic acids is 1. The minimum Gasteiger partial charge on any atom is -0.507 e. The first-order chi connectivity index (χ1) is 8.75. The lowest BCUT2D eigenvalue weighted by molar-refractivity contribution is 0.104. The van der Waals surface area contributed by atoms with E-state index in [4.69, 9.17) is 0 Å². The number of para-hydroxylation sites is 1. The van der Waals surface area contributed by atoms with E-state index in [2.05, 4.69) is 12.2 Å². The molecule has 0 aromatic heterocycles. The van der Waals surface area contributed by atoms with Gasteiger partial charge in [0.25, 0.3) is 0 Å². The molecule has 0 atom stereocenters. The Hall–Kier alpha value is -1.77. The van der Waals surface area contributed by atoms with Crippen LogP contribution in [-0.4, -0.2) is 17.4 Å². The van der Waals surface area contributed by atoms with Crippen LogP contribution in [0.1, 0.15) is 43.0 Å². The van der Waals surface area contributed by atoms with Crippen molar-refractivity contribution in [3.8, 4) is 5.75 Å². The third kappa shape index (κ3) is 5.04. The molecule has 0 heterocycles. The fourth-order valence-corrected chi connectivity index (χ4v) is 1.64. The molecule has 1 aromatic rings. The highest BCUT2D eigenvalue weighted by molar-refractivity contribution is 6.06. The summed E-state index contributed by atoms with van der Waals surface area (Å²) in [5.74, 6) is -0.163. The maximum absolute atomic E-state index is 11.7. The predicted octanol–water partition coefficient (Wildman–Crippen LogP) is 3.26. The number of phenols is 1. The lowest BCUT2D eigenvalue weighted by atomic mass is 10.1. The summed E-state index contributed by atoms with van der Waals surface area (Å²) in [5.41, 5.74) is 0.335. The second kappa shape index (κ2) is 8.34. The van der Waals surface area contributed by atoms with Gasteiger partial charge in [-0.15, -0.1) is 0 Å². The molecule has 0 fully saturated rings. The van der Waals surface area contributed by atoms with E-state index in [0.29, 0.717) is 5.56 Å². The zero-order valence-electron chi connectivity index (χ0n) is 10.9. The molecule has 0 bridgehead atoms. The molecule has 0 saturated heterocycles. The Bertz CT molecular complexity index is 399. The van der Waals surface area contributed by atoms with Gasteiger partial charge >= 0.3 is 0 Å². The number of aromatic hydroxyl groups is 1. The van der Waals surface area contributed by atoms with E-state index < -0.39 is 0 Å². The van der Waals surface area contributed by atoms with Crippen LogP contribution >= 0.6 is 0 Å². The van der Waals surface area contributed by atoms with Gasteiger partial charge in [-0.05, 0) is 18.6 Å². The van der Waals surface area contributed by atoms with Crippen molar-refractivity contribution < 1.29 is 9.90 Å². The fraction of sp³-hybridized carbons (Fsp3) is 0.400. The minimum atomic E-state index is -0.186. The van der Waals surface area contributed by atoms with Crippen molar-refractivity contribution in [2.24, 2.45) is 0 Å². The molecule has 98 valence electrons. The Morgan fingerprint density at radius 1 is 1.28 bits per heavy atom. The van der Waals surface area contributed by atoms with E-state index in [-0.39, 0.29) is 11.5 Å². The quantitative estimate of drug-likeness (QED) is 0.421. The van der Waals surface area contributed by atoms with Crippen molar-refractivity contribution in [1.82, 2.24) is 5.32 Å². The lowest BCUT2D eigenvalue weighted by Crippen LogP contribution is -2.07. The van der Waals surface area contributed by atoms with Gasteiger partial charge in [0, 0.05) is 18.8 Å². The second-order valence-electron chi connectivity index (χ2n) is 4.23. The Balaban J connectivity index is 2.30. The molecule has 0 aliphatic rings. The molecule has 0 spiro atoms. The first-order valence-electron chi connectivity index (χ1n) is 6.48. The fourth-order valence-electron chi connectivity index (χ4n) is 1.64. The number of benzene rings is 1. The van der Waals surface area contributed by atoms with Crippen LogP contribution in [0.5, 0.6) is 5.75 Å². The Kier molecular flexibility index (Phi) is 6.62. The predicted molar refractivity (Wildman–Crippen MR) is 73.7 cm³/mol. The summed E-state index contributed by atoms with van der Waals surface area (Å²) in [6, 6.07) is 6.56. The molecular formula is C15H21NO2. The standard InChI is InChI=1S/C15H21NO2/c1-2-3-4-7-11-16-12-10-15(18)13-8-5-6-9-14(13)17/h5-6,8-10,12,16-17H,2-4,7,11H2,1H3/b12-10+. The van der Waals surface area contributed by atoms with E-state index in [0.717, 1.165) is 13.0 Å². The molecular weight excluding hydrogens is 226 g/mol. The van der Waals surface area contributed by atoms with Crippen molar-refractivity contribution in [3.05, 3.63) is 42.1 Å². The first-order valence-corrected chi connectivity index (χ1v) is 6.48. The summed E-state index contributed by atoms with van der Waals surface area (Å²) >= 11 is 0. The smallest absolute Gasteiger partial charge is 0.190 e. The van der Waals surface area contributed by atoms with Crippen molar-refractivity contribution in [3.63, 3.8) is 0 Å². The van der Waals surface area contributed by atoms with Crippen LogP contribution in [0.2, 0.25) is 0 Å². The summed E-state index contributed by atoms with van der Waals surface area (Å²) < 4.78 is 0. The summed E-state index contributed by atoms with van der Waals surface area (Å²) in [6.07, 6.45) is 7.91. The van der Waals surface area contributed by atoms with Gasteiger partial charge in [0.2, 0.25) is 0 Å². The largest absolute Gasteiger partial charge is 0.507 e. The van der Waals surface area contributed by atoms with E-state index in [1.54, 1.807) is 24.4 Å². The van der Waals surface area contributed by atoms with Crippen LogP contribution in [0.25, 0.3) is 0 Å². The monoisotopic (exact) mass is 247 g/mol. The molecule has 0 aliphatic heterocycles. The van der Waals surface area contributed by atoms with E-state index >= 15 is 0 Å². The molecule has 0 saturated carbocycles. The minimum absolute atomic E-state index is 0.0232. The summed E-state index contributed by atoms with van der Waals surface area (Å²) in [5, 5.41) is 12.6. The number of carbonyl (C=O) groups is 1. The molecule has 1 rings (SSSR count). The Morgan fingerprint density at radius 2 is 2.06 bits per heavy atom. The van der Waals surface area contributed by atoms with Crippen molar-refractivity contribution in [2.45, 2.75) is 32.6 Å². The molecule has 0 radical (unpaired) electrons. The normalized spacial score (nSPS) is 10.7. The Labute approximate surface area is 109 Å². The summed E-state index contributed by atoms with van der Waals surface area (Å²) in [6.45, 7) is 3.06. The van der Waals surface area contributed by atoms with Gasteiger partial charge < -0.3 is 10.4 Å². The number of unbranched alkanes of at least 4 members (excludes halogenated alkanes) is 3. The molecule has 0 amide bonds. The maximum atomic E-state index is 11.7. The first kappa shape index (κ1) is 14.3. The van der Waals surface area contributed by atoms with E-state index in [9.17, 15) is 9.90 Å². The van der Waals surface area contributed by atoms with Gasteiger partial charge in [-0.1, -0.05) is 38.3 Å². The number of ketones is 1. The highest BCUT2D eigenvalue weighted by Crippen LogP contribution is 2.16. The van der Waals surface area contributed by atoms with Crippen LogP contribution in [0, 0.1) is 0 Å². The highest BCUT2D eigenvalue weighted by Gasteiger charge is 2.05. The molecule has 0 unspecified atom stereocenters. The van der Waals surface area contributed by atoms with Crippen molar-refractivity contribution in [1.29, 1.82) is 0 Å². The molecule has 0 aliphatic carbocycles. The SMILES string of the molecule is CCCCCCN/C=C/C(=O)c1ccccc1O. The number of allylic oxidation sites excluding steroid dienone is 1. The number of hydrogen-bond acceptors (Lipinski definition) is 3.